The van der Waals surface area contributed by atoms with E-state index >= 15 is 0 Å². The van der Waals surface area contributed by atoms with E-state index in [2.05, 4.69) is 4.74 Å². The van der Waals surface area contributed by atoms with Gasteiger partial charge in [0, 0.05) is 0 Å². The van der Waals surface area contributed by atoms with Crippen molar-refractivity contribution in [1.29, 1.82) is 5.26 Å². The Hall–Kier alpha value is -2.28. The number of rotatable bonds is 3. The molecule has 1 rings (SSSR count). The molecule has 2 N–H and O–H groups in total. The number of nitrogens with zero attached hydrogens (tertiary/aromatic N) is 1. The molecule has 1 atom stereocenters. The van der Waals surface area contributed by atoms with Crippen molar-refractivity contribution in [1.82, 2.24) is 0 Å². The average molecular weight is 326 g/mol. The molecule has 0 amide bonds. The minimum absolute atomic E-state index is 0.344. The molecule has 0 saturated carbocycles. The summed E-state index contributed by atoms with van der Waals surface area (Å²) in [6, 6.07) is 1.17. The van der Waals surface area contributed by atoms with Crippen molar-refractivity contribution in [2.24, 2.45) is 5.73 Å². The van der Waals surface area contributed by atoms with Crippen molar-refractivity contribution in [2.45, 2.75) is 24.8 Å². The number of hydrogen-bond acceptors (Lipinski definition) is 4. The third kappa shape index (κ3) is 4.92. The van der Waals surface area contributed by atoms with Gasteiger partial charge in [0.25, 0.3) is 0 Å². The first-order valence-electron chi connectivity index (χ1n) is 5.59. The van der Waals surface area contributed by atoms with Crippen LogP contribution >= 0.6 is 0 Å². The van der Waals surface area contributed by atoms with E-state index in [1.165, 1.54) is 6.07 Å². The zero-order chi connectivity index (χ0) is 17.1. The van der Waals surface area contributed by atoms with Crippen molar-refractivity contribution in [3.63, 3.8) is 0 Å². The van der Waals surface area contributed by atoms with Gasteiger partial charge >= 0.3 is 18.3 Å². The Morgan fingerprint density at radius 3 is 2.32 bits per heavy atom. The highest BCUT2D eigenvalue weighted by Crippen LogP contribution is 2.34. The van der Waals surface area contributed by atoms with Crippen LogP contribution in [0.3, 0.4) is 0 Å². The number of nitrogens with two attached hydrogens (primary N) is 1. The van der Waals surface area contributed by atoms with Crippen molar-refractivity contribution in [2.75, 3.05) is 0 Å². The minimum Gasteiger partial charge on any atom is -0.425 e. The van der Waals surface area contributed by atoms with Crippen LogP contribution in [0.5, 0.6) is 5.75 Å². The first-order valence-corrected chi connectivity index (χ1v) is 5.59. The molecule has 120 valence electrons. The Bertz CT molecular complexity index is 603. The van der Waals surface area contributed by atoms with Crippen molar-refractivity contribution in [3.8, 4) is 11.8 Å². The molecule has 0 spiro atoms. The Kier molecular flexibility index (Phi) is 5.03. The second-order valence-corrected chi connectivity index (χ2v) is 4.16. The minimum atomic E-state index is -4.89. The third-order valence-corrected chi connectivity index (χ3v) is 2.39. The standard InChI is InChI=1S/C12H8F6N2O2/c13-11(14,15)4-9(20)10(21)22-7-2-1-6(5-19)8(3-7)12(16,17)18/h1-3,9H,4,20H2. The summed E-state index contributed by atoms with van der Waals surface area (Å²) in [5.74, 6) is -2.19. The van der Waals surface area contributed by atoms with Gasteiger partial charge in [-0.15, -0.1) is 0 Å². The van der Waals surface area contributed by atoms with Gasteiger partial charge in [-0.2, -0.15) is 31.6 Å². The van der Waals surface area contributed by atoms with Crippen LogP contribution in [0.1, 0.15) is 17.5 Å². The van der Waals surface area contributed by atoms with E-state index in [0.29, 0.717) is 6.07 Å². The molecular weight excluding hydrogens is 318 g/mol. The molecule has 0 fully saturated rings. The molecule has 1 aromatic rings. The van der Waals surface area contributed by atoms with E-state index in [-0.39, 0.29) is 0 Å². The van der Waals surface area contributed by atoms with Gasteiger partial charge < -0.3 is 10.5 Å². The summed E-state index contributed by atoms with van der Waals surface area (Å²) in [5.41, 5.74) is 2.88. The van der Waals surface area contributed by atoms with Crippen molar-refractivity contribution < 1.29 is 35.9 Å². The normalized spacial score (nSPS) is 13.4. The second-order valence-electron chi connectivity index (χ2n) is 4.16. The maximum Gasteiger partial charge on any atom is 0.417 e. The number of esters is 1. The topological polar surface area (TPSA) is 76.1 Å². The molecule has 0 bridgehead atoms. The molecule has 0 aliphatic carbocycles. The lowest BCUT2D eigenvalue weighted by atomic mass is 10.1. The second kappa shape index (κ2) is 6.23. The van der Waals surface area contributed by atoms with Crippen LogP contribution in [0.2, 0.25) is 0 Å². The van der Waals surface area contributed by atoms with Crippen LogP contribution in [0.25, 0.3) is 0 Å². The van der Waals surface area contributed by atoms with E-state index in [9.17, 15) is 31.1 Å². The molecule has 4 nitrogen and oxygen atoms in total. The number of carbonyl (C=O) groups is 1. The number of benzene rings is 1. The van der Waals surface area contributed by atoms with E-state index in [4.69, 9.17) is 11.0 Å². The number of hydrogen-bond donors (Lipinski definition) is 1. The summed E-state index contributed by atoms with van der Waals surface area (Å²) in [6.07, 6.45) is -11.3. The van der Waals surface area contributed by atoms with Gasteiger partial charge in [0.1, 0.15) is 11.8 Å². The summed E-state index contributed by atoms with van der Waals surface area (Å²) < 4.78 is 78.5. The lowest BCUT2D eigenvalue weighted by Crippen LogP contribution is -2.38. The first-order chi connectivity index (χ1) is 9.94. The molecule has 0 heterocycles. The average Bonchev–Trinajstić information content (AvgIpc) is 2.35. The predicted molar refractivity (Wildman–Crippen MR) is 60.4 cm³/mol. The Morgan fingerprint density at radius 1 is 1.27 bits per heavy atom. The van der Waals surface area contributed by atoms with Gasteiger partial charge in [-0.1, -0.05) is 0 Å². The zero-order valence-electron chi connectivity index (χ0n) is 10.6. The fourth-order valence-corrected chi connectivity index (χ4v) is 1.44. The molecule has 10 heteroatoms. The number of alkyl halides is 6. The van der Waals surface area contributed by atoms with Gasteiger partial charge in [-0.05, 0) is 18.2 Å². The van der Waals surface area contributed by atoms with Gasteiger partial charge in [0.15, 0.2) is 0 Å². The van der Waals surface area contributed by atoms with E-state index < -0.39 is 47.7 Å². The molecule has 0 aliphatic heterocycles. The fraction of sp³-hybridized carbons (Fsp3) is 0.333. The molecule has 0 saturated heterocycles. The lowest BCUT2D eigenvalue weighted by Gasteiger charge is -2.14. The molecule has 1 aromatic carbocycles. The summed E-state index contributed by atoms with van der Waals surface area (Å²) in [5, 5.41) is 8.57. The van der Waals surface area contributed by atoms with Crippen LogP contribution in [-0.2, 0) is 11.0 Å². The Balaban J connectivity index is 2.96. The highest BCUT2D eigenvalue weighted by Gasteiger charge is 2.36. The lowest BCUT2D eigenvalue weighted by molar-refractivity contribution is -0.154. The predicted octanol–water partition coefficient (Wildman–Crippen LogP) is 2.76. The van der Waals surface area contributed by atoms with Crippen molar-refractivity contribution >= 4 is 5.97 Å². The summed E-state index contributed by atoms with van der Waals surface area (Å²) in [6.45, 7) is 0. The largest absolute Gasteiger partial charge is 0.425 e. The van der Waals surface area contributed by atoms with Gasteiger partial charge in [-0.25, -0.2) is 4.79 Å². The van der Waals surface area contributed by atoms with Crippen LogP contribution < -0.4 is 10.5 Å². The molecule has 0 radical (unpaired) electrons. The van der Waals surface area contributed by atoms with E-state index in [1.807, 2.05) is 0 Å². The quantitative estimate of drug-likeness (QED) is 0.526. The van der Waals surface area contributed by atoms with Gasteiger partial charge in [0.05, 0.1) is 23.6 Å². The fourth-order valence-electron chi connectivity index (χ4n) is 1.44. The van der Waals surface area contributed by atoms with E-state index in [0.717, 1.165) is 12.1 Å². The van der Waals surface area contributed by atoms with Crippen LogP contribution in [0, 0.1) is 11.3 Å². The Morgan fingerprint density at radius 2 is 1.86 bits per heavy atom. The SMILES string of the molecule is N#Cc1ccc(OC(=O)C(N)CC(F)(F)F)cc1C(F)(F)F. The summed E-state index contributed by atoms with van der Waals surface area (Å²) in [7, 11) is 0. The number of carbonyl (C=O) groups excluding carboxylic acids is 1. The highest BCUT2D eigenvalue weighted by atomic mass is 19.4. The van der Waals surface area contributed by atoms with Crippen LogP contribution in [0.15, 0.2) is 18.2 Å². The number of halogens is 6. The summed E-state index contributed by atoms with van der Waals surface area (Å²) in [4.78, 5) is 11.3. The molecule has 0 aromatic heterocycles. The maximum absolute atomic E-state index is 12.7. The number of nitriles is 1. The monoisotopic (exact) mass is 326 g/mol. The zero-order valence-corrected chi connectivity index (χ0v) is 10.6. The molecular formula is C12H8F6N2O2. The van der Waals surface area contributed by atoms with E-state index in [1.54, 1.807) is 0 Å². The molecule has 0 aliphatic rings. The van der Waals surface area contributed by atoms with Gasteiger partial charge in [0.2, 0.25) is 0 Å². The number of ether oxygens (including phenoxy) is 1. The summed E-state index contributed by atoms with van der Waals surface area (Å²) >= 11 is 0. The first kappa shape index (κ1) is 17.8. The highest BCUT2D eigenvalue weighted by molar-refractivity contribution is 5.78. The molecule has 22 heavy (non-hydrogen) atoms. The van der Waals surface area contributed by atoms with Crippen molar-refractivity contribution in [3.05, 3.63) is 29.3 Å². The van der Waals surface area contributed by atoms with Crippen LogP contribution in [-0.4, -0.2) is 18.2 Å². The van der Waals surface area contributed by atoms with Crippen LogP contribution in [0.4, 0.5) is 26.3 Å². The van der Waals surface area contributed by atoms with Gasteiger partial charge in [-0.3, -0.25) is 0 Å². The maximum atomic E-state index is 12.7. The smallest absolute Gasteiger partial charge is 0.417 e. The Labute approximate surface area is 120 Å². The molecule has 1 unspecified atom stereocenters. The third-order valence-electron chi connectivity index (χ3n) is 2.39.